The molecular formula is C19H31NO2. The van der Waals surface area contributed by atoms with Gasteiger partial charge in [-0.2, -0.15) is 0 Å². The highest BCUT2D eigenvalue weighted by atomic mass is 16.3. The van der Waals surface area contributed by atoms with Crippen molar-refractivity contribution in [2.75, 3.05) is 19.7 Å². The van der Waals surface area contributed by atoms with Crippen LogP contribution in [-0.2, 0) is 13.2 Å². The molecule has 1 fully saturated rings. The van der Waals surface area contributed by atoms with Crippen molar-refractivity contribution in [1.82, 2.24) is 4.90 Å². The van der Waals surface area contributed by atoms with Gasteiger partial charge in [-0.3, -0.25) is 4.90 Å². The summed E-state index contributed by atoms with van der Waals surface area (Å²) in [6.07, 6.45) is 3.22. The van der Waals surface area contributed by atoms with Gasteiger partial charge >= 0.3 is 0 Å². The Bertz CT molecular complexity index is 511. The van der Waals surface area contributed by atoms with Crippen LogP contribution in [0.2, 0.25) is 0 Å². The number of hydrogen-bond donors (Lipinski definition) is 2. The van der Waals surface area contributed by atoms with E-state index in [9.17, 15) is 10.2 Å². The van der Waals surface area contributed by atoms with Crippen LogP contribution in [0, 0.1) is 26.2 Å². The molecule has 2 rings (SSSR count). The molecule has 0 saturated carbocycles. The van der Waals surface area contributed by atoms with Crippen molar-refractivity contribution in [1.29, 1.82) is 0 Å². The number of benzene rings is 1. The maximum atomic E-state index is 9.66. The van der Waals surface area contributed by atoms with Gasteiger partial charge in [0.2, 0.25) is 0 Å². The lowest BCUT2D eigenvalue weighted by molar-refractivity contribution is 0.0381. The molecule has 1 aromatic rings. The molecule has 0 radical (unpaired) electrons. The Hall–Kier alpha value is -0.900. The van der Waals surface area contributed by atoms with Crippen LogP contribution in [0.4, 0.5) is 0 Å². The predicted octanol–water partition coefficient (Wildman–Crippen LogP) is 3.09. The zero-order valence-electron chi connectivity index (χ0n) is 14.6. The first-order valence-electron chi connectivity index (χ1n) is 8.49. The van der Waals surface area contributed by atoms with Crippen molar-refractivity contribution in [3.05, 3.63) is 33.9 Å². The number of aryl methyl sites for hydroxylation is 2. The molecule has 1 aliphatic heterocycles. The highest BCUT2D eigenvalue weighted by Gasteiger charge is 2.32. The van der Waals surface area contributed by atoms with Crippen LogP contribution >= 0.6 is 0 Å². The van der Waals surface area contributed by atoms with E-state index < -0.39 is 0 Å². The molecule has 0 unspecified atom stereocenters. The molecular weight excluding hydrogens is 274 g/mol. The Morgan fingerprint density at radius 2 is 1.64 bits per heavy atom. The van der Waals surface area contributed by atoms with Gasteiger partial charge in [-0.05, 0) is 86.4 Å². The second-order valence-electron chi connectivity index (χ2n) is 7.04. The van der Waals surface area contributed by atoms with Crippen molar-refractivity contribution in [2.45, 2.75) is 60.1 Å². The molecule has 1 aromatic carbocycles. The maximum absolute atomic E-state index is 9.66. The third kappa shape index (κ3) is 3.37. The van der Waals surface area contributed by atoms with E-state index in [-0.39, 0.29) is 12.0 Å². The molecule has 124 valence electrons. The molecule has 3 heteroatoms. The molecule has 0 spiro atoms. The molecule has 1 saturated heterocycles. The first-order chi connectivity index (χ1) is 10.5. The molecule has 2 N–H and O–H groups in total. The van der Waals surface area contributed by atoms with E-state index in [1.165, 1.54) is 22.3 Å². The fourth-order valence-corrected chi connectivity index (χ4v) is 3.79. The smallest absolute Gasteiger partial charge is 0.0687 e. The van der Waals surface area contributed by atoms with Gasteiger partial charge in [-0.15, -0.1) is 0 Å². The third-order valence-corrected chi connectivity index (χ3v) is 5.83. The van der Waals surface area contributed by atoms with Crippen LogP contribution in [0.3, 0.4) is 0 Å². The Kier molecular flexibility index (Phi) is 5.65. The van der Waals surface area contributed by atoms with Gasteiger partial charge in [0.25, 0.3) is 0 Å². The second kappa shape index (κ2) is 7.12. The van der Waals surface area contributed by atoms with Gasteiger partial charge in [0, 0.05) is 13.2 Å². The van der Waals surface area contributed by atoms with Crippen LogP contribution in [-0.4, -0.2) is 34.8 Å². The Morgan fingerprint density at radius 1 is 1.05 bits per heavy atom. The maximum Gasteiger partial charge on any atom is 0.0687 e. The standard InChI is InChI=1S/C19H31NO2/c1-5-19(13-22)6-8-20(9-7-19)11-17-14(2)10-15(3)18(12-21)16(17)4/h10,21-22H,5-9,11-13H2,1-4H3. The SMILES string of the molecule is CCC1(CO)CCN(Cc2c(C)cc(C)c(CO)c2C)CC1. The lowest BCUT2D eigenvalue weighted by Crippen LogP contribution is -2.41. The van der Waals surface area contributed by atoms with Crippen LogP contribution in [0.25, 0.3) is 0 Å². The first-order valence-corrected chi connectivity index (χ1v) is 8.49. The topological polar surface area (TPSA) is 43.7 Å². The van der Waals surface area contributed by atoms with Crippen molar-refractivity contribution >= 4 is 0 Å². The van der Waals surface area contributed by atoms with Gasteiger partial charge < -0.3 is 10.2 Å². The largest absolute Gasteiger partial charge is 0.396 e. The summed E-state index contributed by atoms with van der Waals surface area (Å²) in [6.45, 7) is 12.1. The number of aliphatic hydroxyl groups is 2. The minimum atomic E-state index is 0.119. The van der Waals surface area contributed by atoms with E-state index in [1.807, 2.05) is 0 Å². The Labute approximate surface area is 135 Å². The number of aliphatic hydroxyl groups excluding tert-OH is 2. The van der Waals surface area contributed by atoms with Gasteiger partial charge in [0.05, 0.1) is 6.61 Å². The predicted molar refractivity (Wildman–Crippen MR) is 90.9 cm³/mol. The number of hydrogen-bond acceptors (Lipinski definition) is 3. The Morgan fingerprint density at radius 3 is 2.14 bits per heavy atom. The van der Waals surface area contributed by atoms with Gasteiger partial charge in [0.15, 0.2) is 0 Å². The highest BCUT2D eigenvalue weighted by Crippen LogP contribution is 2.35. The van der Waals surface area contributed by atoms with Crippen molar-refractivity contribution < 1.29 is 10.2 Å². The normalized spacial score (nSPS) is 18.6. The molecule has 0 amide bonds. The molecule has 0 atom stereocenters. The fourth-order valence-electron chi connectivity index (χ4n) is 3.79. The average Bonchev–Trinajstić information content (AvgIpc) is 2.52. The summed E-state index contributed by atoms with van der Waals surface area (Å²) in [6, 6.07) is 2.20. The summed E-state index contributed by atoms with van der Waals surface area (Å²) < 4.78 is 0. The monoisotopic (exact) mass is 305 g/mol. The van der Waals surface area contributed by atoms with Crippen molar-refractivity contribution in [2.24, 2.45) is 5.41 Å². The number of nitrogens with zero attached hydrogens (tertiary/aromatic N) is 1. The average molecular weight is 305 g/mol. The lowest BCUT2D eigenvalue weighted by atomic mass is 9.77. The van der Waals surface area contributed by atoms with Gasteiger partial charge in [-0.1, -0.05) is 13.0 Å². The van der Waals surface area contributed by atoms with Crippen molar-refractivity contribution in [3.63, 3.8) is 0 Å². The van der Waals surface area contributed by atoms with E-state index in [0.717, 1.165) is 44.5 Å². The van der Waals surface area contributed by atoms with Gasteiger partial charge in [-0.25, -0.2) is 0 Å². The Balaban J connectivity index is 2.13. The summed E-state index contributed by atoms with van der Waals surface area (Å²) in [7, 11) is 0. The highest BCUT2D eigenvalue weighted by molar-refractivity contribution is 5.44. The number of likely N-dealkylation sites (tertiary alicyclic amines) is 1. The molecule has 22 heavy (non-hydrogen) atoms. The molecule has 1 heterocycles. The lowest BCUT2D eigenvalue weighted by Gasteiger charge is -2.40. The zero-order valence-corrected chi connectivity index (χ0v) is 14.6. The third-order valence-electron chi connectivity index (χ3n) is 5.83. The van der Waals surface area contributed by atoms with Crippen LogP contribution in [0.15, 0.2) is 6.07 Å². The summed E-state index contributed by atoms with van der Waals surface area (Å²) in [5.74, 6) is 0. The van der Waals surface area contributed by atoms with Gasteiger partial charge in [0.1, 0.15) is 0 Å². The van der Waals surface area contributed by atoms with Crippen LogP contribution < -0.4 is 0 Å². The van der Waals surface area contributed by atoms with Crippen LogP contribution in [0.1, 0.15) is 54.0 Å². The number of piperidine rings is 1. The minimum absolute atomic E-state index is 0.119. The molecule has 3 nitrogen and oxygen atoms in total. The fraction of sp³-hybridized carbons (Fsp3) is 0.684. The van der Waals surface area contributed by atoms with Crippen LogP contribution in [0.5, 0.6) is 0 Å². The molecule has 0 aliphatic carbocycles. The summed E-state index contributed by atoms with van der Waals surface area (Å²) >= 11 is 0. The van der Waals surface area contributed by atoms with E-state index in [2.05, 4.69) is 38.7 Å². The first kappa shape index (κ1) is 17.5. The molecule has 0 aromatic heterocycles. The van der Waals surface area contributed by atoms with E-state index in [1.54, 1.807) is 0 Å². The van der Waals surface area contributed by atoms with E-state index in [4.69, 9.17) is 0 Å². The van der Waals surface area contributed by atoms with E-state index >= 15 is 0 Å². The molecule has 1 aliphatic rings. The number of rotatable bonds is 5. The summed E-state index contributed by atoms with van der Waals surface area (Å²) in [5.41, 5.74) is 6.34. The zero-order chi connectivity index (χ0) is 16.3. The quantitative estimate of drug-likeness (QED) is 0.878. The molecule has 0 bridgehead atoms. The van der Waals surface area contributed by atoms with Crippen molar-refractivity contribution in [3.8, 4) is 0 Å². The second-order valence-corrected chi connectivity index (χ2v) is 7.04. The summed E-state index contributed by atoms with van der Waals surface area (Å²) in [4.78, 5) is 2.50. The minimum Gasteiger partial charge on any atom is -0.396 e. The summed E-state index contributed by atoms with van der Waals surface area (Å²) in [5, 5.41) is 19.3. The van der Waals surface area contributed by atoms with E-state index in [0.29, 0.717) is 6.61 Å².